The zero-order valence-corrected chi connectivity index (χ0v) is 74.6. The minimum absolute atomic E-state index is 0.0117. The number of rotatable bonds is 39. The van der Waals surface area contributed by atoms with Crippen LogP contribution in [0.25, 0.3) is 11.2 Å². The van der Waals surface area contributed by atoms with Crippen molar-refractivity contribution in [3.05, 3.63) is 147 Å². The second kappa shape index (κ2) is 39.5. The molecule has 5 fully saturated rings. The molecule has 49 nitrogen and oxygen atoms in total. The van der Waals surface area contributed by atoms with E-state index in [9.17, 15) is 77.3 Å². The number of nitrogens with zero attached hydrogens (tertiary/aromatic N) is 7. The molecule has 5 saturated heterocycles. The van der Waals surface area contributed by atoms with Crippen molar-refractivity contribution in [3.63, 3.8) is 0 Å². The molecule has 11 heterocycles. The summed E-state index contributed by atoms with van der Waals surface area (Å²) in [5.74, 6) is -0.259. The molecular weight excluding hydrogens is 1840 g/mol. The first-order chi connectivity index (χ1) is 56.2. The molecular formula is C59H85N13O36P6S6. The number of hydrogen-bond acceptors (Lipinski definition) is 39. The molecule has 61 heteroatoms. The maximum absolute atomic E-state index is 14.8. The lowest BCUT2D eigenvalue weighted by molar-refractivity contribution is -0.0640. The normalized spacial score (nSPS) is 29.5. The van der Waals surface area contributed by atoms with E-state index in [2.05, 4.69) is 47.1 Å². The number of thiol groups is 1. The zero-order valence-electron chi connectivity index (χ0n) is 64.2. The molecule has 0 radical (unpaired) electrons. The molecule has 11 rings (SSSR count). The van der Waals surface area contributed by atoms with E-state index in [1.165, 1.54) is 51.9 Å². The van der Waals surface area contributed by atoms with E-state index in [0.29, 0.717) is 0 Å². The van der Waals surface area contributed by atoms with Crippen LogP contribution in [0.1, 0.15) is 86.5 Å². The highest BCUT2D eigenvalue weighted by Crippen LogP contribution is 2.60. The van der Waals surface area contributed by atoms with E-state index >= 15 is 0 Å². The SMILES string of the molecule is COC1[C@@H](OP(=O)(S)OC[C@H]2O[C@@H](n3cc(C)c(=O)[nH]c3=O)C(OC)[C@H]2OP(O)(=S)OCCCO)[C@@H](COP(O)(=S)O[C@@H]2C(OC)[C@H](n3cc(C)c(=O)[nH]c3=O)O[C@@H]2COP(O)(=S)O[C@@H]2C[C@H](n3cc(C)c(=O)[nH]c3=O)O[C@@H]2COP(O)(=S)O[C@@H]2C[C@H](n3cnc4c(=O)[nH]c(N)nc43)O[C@@H]2COP(O)(=S)OC(C)C)O[C@H]1n1cc(C)c(=O)[nH]c1=O. The fourth-order valence-electron chi connectivity index (χ4n) is 13.2. The van der Waals surface area contributed by atoms with Crippen molar-refractivity contribution in [2.45, 2.75) is 177 Å². The van der Waals surface area contributed by atoms with Crippen LogP contribution in [0.2, 0.25) is 0 Å². The molecule has 9 unspecified atom stereocenters. The van der Waals surface area contributed by atoms with Gasteiger partial charge in [-0.2, -0.15) is 4.98 Å². The number of nitrogen functional groups attached to an aromatic ring is 1. The summed E-state index contributed by atoms with van der Waals surface area (Å²) in [4.78, 5) is 195. The summed E-state index contributed by atoms with van der Waals surface area (Å²) in [5.41, 5.74) is -2.02. The van der Waals surface area contributed by atoms with Gasteiger partial charge < -0.3 is 109 Å². The molecule has 0 spiro atoms. The van der Waals surface area contributed by atoms with Crippen molar-refractivity contribution in [1.29, 1.82) is 0 Å². The molecule has 0 aliphatic carbocycles. The van der Waals surface area contributed by atoms with Crippen molar-refractivity contribution < 1.29 is 126 Å². The van der Waals surface area contributed by atoms with Crippen molar-refractivity contribution in [1.82, 2.24) is 57.7 Å². The third-order valence-electron chi connectivity index (χ3n) is 18.7. The van der Waals surface area contributed by atoms with Crippen LogP contribution >= 0.6 is 52.6 Å². The number of nitrogens with one attached hydrogen (secondary N) is 5. The van der Waals surface area contributed by atoms with Crippen molar-refractivity contribution >= 4 is 129 Å². The Labute approximate surface area is 706 Å². The minimum Gasteiger partial charge on any atom is -0.396 e. The van der Waals surface area contributed by atoms with Crippen molar-refractivity contribution in [3.8, 4) is 0 Å². The summed E-state index contributed by atoms with van der Waals surface area (Å²) in [6.07, 6.45) is -22.8. The number of aromatic nitrogens is 12. The second-order valence-corrected chi connectivity index (χ2v) is 44.4. The van der Waals surface area contributed by atoms with Crippen LogP contribution in [0, 0.1) is 27.7 Å². The molecule has 5 aliphatic rings. The van der Waals surface area contributed by atoms with Gasteiger partial charge in [0.05, 0.1) is 64.3 Å². The number of aryl methyl sites for hydroxylation is 4. The first-order valence-corrected chi connectivity index (χ1v) is 51.3. The molecule has 120 heavy (non-hydrogen) atoms. The van der Waals surface area contributed by atoms with E-state index < -0.39 is 247 Å². The predicted molar refractivity (Wildman–Crippen MR) is 435 cm³/mol. The Kier molecular flexibility index (Phi) is 31.7. The van der Waals surface area contributed by atoms with Crippen LogP contribution in [-0.2, 0) is 156 Å². The largest absolute Gasteiger partial charge is 0.396 e. The standard InChI is InChI=1S/C59H85N13O36P6S6/c1-25(2)103-110(84,116)93-19-33-31(14-38(99-33)72-24-61-39-46(72)62-55(60)63-51(39)78)105-111(85,117)94-20-32-30(13-37(98-32)68-15-26(3)47(74)64-56(68)79)104-112(86,118)95-21-34-41(44(90-8)53(100-34)70-17-28(5)49(76)66-58(70)81)107-114(88,120)97-23-36-42(45(91-9)54(102-36)71-18-29(6)50(77)67-59(71)82)108-113(87,119)96-22-35-40(106-109(83,115)92-12-10-11-73)43(89-7)52(101-35)69-16-27(4)48(75)65-57(69)80/h15-18,24-25,30-38,40-45,52-54,73H,10-14,19-23H2,1-9H3,(H,83,115)(H,84,116)(H,85,117)(H,86,118)(H,87,119)(H,88,120)(H,64,74,79)(H,65,75,80)(H,66,76,81)(H,67,77,82)(H3,60,62,63,78)/t30-,31-,32-,33-,34-,35-,36-,37-,38-,40+,41+,42+,43?,44?,45?,52-,53-,54-,109?,110?,111?,112?,113?,114?/m1/s1. The van der Waals surface area contributed by atoms with Gasteiger partial charge in [-0.3, -0.25) is 89.8 Å². The molecule has 0 amide bonds. The lowest BCUT2D eigenvalue weighted by Crippen LogP contribution is -2.41. The van der Waals surface area contributed by atoms with Crippen LogP contribution in [0.4, 0.5) is 5.95 Å². The zero-order chi connectivity index (χ0) is 87.8. The highest BCUT2D eigenvalue weighted by molar-refractivity contribution is 8.44. The van der Waals surface area contributed by atoms with Crippen LogP contribution in [0.15, 0.2) is 74.3 Å². The number of aromatic amines is 5. The predicted octanol–water partition coefficient (Wildman–Crippen LogP) is -0.597. The number of methoxy groups -OCH3 is 3. The first-order valence-electron chi connectivity index (χ1n) is 35.6. The lowest BCUT2D eigenvalue weighted by atomic mass is 10.1. The number of hydrogen-bond donors (Lipinski definition) is 13. The molecule has 0 aromatic carbocycles. The molecule has 0 saturated carbocycles. The van der Waals surface area contributed by atoms with Gasteiger partial charge in [0, 0.05) is 87.8 Å². The third kappa shape index (κ3) is 23.3. The van der Waals surface area contributed by atoms with E-state index in [1.54, 1.807) is 13.8 Å². The van der Waals surface area contributed by atoms with Crippen LogP contribution in [0.3, 0.4) is 0 Å². The monoisotopic (exact) mass is 1930 g/mol. The molecule has 668 valence electrons. The number of aliphatic hydroxyl groups excluding tert-OH is 1. The van der Waals surface area contributed by atoms with Gasteiger partial charge in [0.2, 0.25) is 5.95 Å². The van der Waals surface area contributed by atoms with Gasteiger partial charge in [0.25, 0.3) is 27.8 Å². The van der Waals surface area contributed by atoms with Crippen LogP contribution in [-0.4, -0.2) is 240 Å². The molecule has 6 aromatic rings. The van der Waals surface area contributed by atoms with E-state index in [1.807, 2.05) is 0 Å². The summed E-state index contributed by atoms with van der Waals surface area (Å²) in [6.45, 7) is -23.6. The Hall–Kier alpha value is -4.34. The van der Waals surface area contributed by atoms with Crippen LogP contribution in [0.5, 0.6) is 0 Å². The lowest BCUT2D eigenvalue weighted by Gasteiger charge is -2.30. The summed E-state index contributed by atoms with van der Waals surface area (Å²) >= 11 is 31.5. The number of anilines is 1. The molecule has 13 N–H and O–H groups in total. The average molecular weight is 1930 g/mol. The molecule has 24 atom stereocenters. The van der Waals surface area contributed by atoms with Crippen molar-refractivity contribution in [2.75, 3.05) is 73.3 Å². The molecule has 6 aromatic heterocycles. The number of imidazole rings is 1. The Morgan fingerprint density at radius 3 is 1.23 bits per heavy atom. The number of ether oxygens (including phenoxy) is 8. The first kappa shape index (κ1) is 96.3. The van der Waals surface area contributed by atoms with Gasteiger partial charge in [-0.15, -0.1) is 0 Å². The fraction of sp³-hybridized carbons (Fsp3) is 0.644. The van der Waals surface area contributed by atoms with E-state index in [4.69, 9.17) is 157 Å². The fourth-order valence-corrected chi connectivity index (χ4v) is 22.2. The maximum Gasteiger partial charge on any atom is 0.386 e. The van der Waals surface area contributed by atoms with Crippen LogP contribution < -0.4 is 56.3 Å². The van der Waals surface area contributed by atoms with E-state index in [-0.39, 0.29) is 65.4 Å². The Balaban J connectivity index is 0.837. The number of aliphatic hydroxyl groups is 1. The third-order valence-corrected chi connectivity index (χ3v) is 28.4. The highest BCUT2D eigenvalue weighted by atomic mass is 32.7. The highest BCUT2D eigenvalue weighted by Gasteiger charge is 2.56. The van der Waals surface area contributed by atoms with Gasteiger partial charge >= 0.3 is 63.1 Å². The second-order valence-electron chi connectivity index (χ2n) is 27.6. The smallest absolute Gasteiger partial charge is 0.386 e. The van der Waals surface area contributed by atoms with Gasteiger partial charge in [-0.1, -0.05) is 12.2 Å². The van der Waals surface area contributed by atoms with Gasteiger partial charge in [0.15, 0.2) is 29.8 Å². The molecule has 0 bridgehead atoms. The Morgan fingerprint density at radius 2 is 0.833 bits per heavy atom. The quantitative estimate of drug-likeness (QED) is 0.0130. The molecule has 5 aliphatic heterocycles. The Bertz CT molecular complexity index is 5640. The topological polar surface area (TPSA) is 632 Å². The van der Waals surface area contributed by atoms with Gasteiger partial charge in [-0.25, -0.2) is 28.7 Å². The number of nitrogens with two attached hydrogens (primary N) is 1. The summed E-state index contributed by atoms with van der Waals surface area (Å²) < 4.78 is 139. The summed E-state index contributed by atoms with van der Waals surface area (Å²) in [5, 5.41) is 9.39. The average Bonchev–Trinajstić information content (AvgIpc) is 1.64. The summed E-state index contributed by atoms with van der Waals surface area (Å²) in [7, 11) is 3.43. The Morgan fingerprint density at radius 1 is 0.483 bits per heavy atom. The van der Waals surface area contributed by atoms with Gasteiger partial charge in [0.1, 0.15) is 79.6 Å². The van der Waals surface area contributed by atoms with Crippen molar-refractivity contribution in [2.24, 2.45) is 0 Å². The minimum atomic E-state index is -4.96. The number of fused-ring (bicyclic) bond motifs is 1. The number of H-pyrrole nitrogens is 5. The van der Waals surface area contributed by atoms with Gasteiger partial charge in [-0.05, 0) is 107 Å². The maximum atomic E-state index is 14.8. The summed E-state index contributed by atoms with van der Waals surface area (Å²) in [6, 6.07) is 0. The van der Waals surface area contributed by atoms with E-state index in [0.717, 1.165) is 51.1 Å².